The Morgan fingerprint density at radius 1 is 1.00 bits per heavy atom. The molecule has 11 heteroatoms. The first-order valence-corrected chi connectivity index (χ1v) is 13.9. The lowest BCUT2D eigenvalue weighted by Crippen LogP contribution is -2.55. The number of anilines is 1. The molecule has 1 N–H and O–H groups in total. The molecule has 0 aliphatic rings. The third kappa shape index (κ3) is 8.07. The van der Waals surface area contributed by atoms with Gasteiger partial charge >= 0.3 is 10.2 Å². The van der Waals surface area contributed by atoms with Crippen molar-refractivity contribution in [3.63, 3.8) is 0 Å². The van der Waals surface area contributed by atoms with Crippen molar-refractivity contribution in [2.45, 2.75) is 59.7 Å². The molecule has 2 amide bonds. The number of halogens is 2. The Morgan fingerprint density at radius 3 is 2.16 bits per heavy atom. The van der Waals surface area contributed by atoms with Gasteiger partial charge in [0.15, 0.2) is 0 Å². The Kier molecular flexibility index (Phi) is 10.0. The number of benzene rings is 2. The summed E-state index contributed by atoms with van der Waals surface area (Å²) in [4.78, 5) is 28.3. The van der Waals surface area contributed by atoms with Gasteiger partial charge < -0.3 is 10.2 Å². The van der Waals surface area contributed by atoms with Crippen LogP contribution in [0, 0.1) is 13.8 Å². The molecule has 0 unspecified atom stereocenters. The average molecular weight is 572 g/mol. The minimum atomic E-state index is -4.04. The summed E-state index contributed by atoms with van der Waals surface area (Å²) < 4.78 is 28.8. The minimum absolute atomic E-state index is 0.0249. The number of nitrogens with zero attached hydrogens (tertiary/aromatic N) is 3. The molecule has 0 spiro atoms. The number of rotatable bonds is 9. The lowest BCUT2D eigenvalue weighted by atomic mass is 10.1. The van der Waals surface area contributed by atoms with Crippen LogP contribution < -0.4 is 9.62 Å². The topological polar surface area (TPSA) is 90.0 Å². The van der Waals surface area contributed by atoms with Gasteiger partial charge in [0.1, 0.15) is 12.6 Å². The summed E-state index contributed by atoms with van der Waals surface area (Å²) in [7, 11) is -1.22. The number of hydrogen-bond acceptors (Lipinski definition) is 4. The van der Waals surface area contributed by atoms with Crippen LogP contribution in [0.4, 0.5) is 5.69 Å². The second kappa shape index (κ2) is 12.0. The van der Waals surface area contributed by atoms with E-state index in [1.807, 2.05) is 33.8 Å². The van der Waals surface area contributed by atoms with Gasteiger partial charge in [-0.25, -0.2) is 4.31 Å². The largest absolute Gasteiger partial charge is 0.350 e. The minimum Gasteiger partial charge on any atom is -0.350 e. The van der Waals surface area contributed by atoms with E-state index >= 15 is 0 Å². The van der Waals surface area contributed by atoms with Crippen molar-refractivity contribution in [3.05, 3.63) is 63.1 Å². The molecule has 0 heterocycles. The van der Waals surface area contributed by atoms with Gasteiger partial charge in [0.25, 0.3) is 0 Å². The highest BCUT2D eigenvalue weighted by atomic mass is 35.5. The van der Waals surface area contributed by atoms with Crippen molar-refractivity contribution in [3.8, 4) is 0 Å². The standard InChI is InChI=1S/C26H36Cl2N4O4S/c1-17-9-10-18(2)23(13-17)32(37(35,36)30(7)8)16-24(33)31(19(3)25(34)29-26(4,5)6)15-20-11-12-21(27)22(28)14-20/h9-14,19H,15-16H2,1-8H3,(H,29,34)/t19-/m0/s1. The van der Waals surface area contributed by atoms with Crippen LogP contribution in [0.1, 0.15) is 44.4 Å². The van der Waals surface area contributed by atoms with Crippen molar-refractivity contribution >= 4 is 50.9 Å². The molecule has 37 heavy (non-hydrogen) atoms. The first-order valence-electron chi connectivity index (χ1n) is 11.8. The van der Waals surface area contributed by atoms with Crippen LogP contribution in [0.25, 0.3) is 0 Å². The molecule has 0 aliphatic carbocycles. The summed E-state index contributed by atoms with van der Waals surface area (Å²) in [6, 6.07) is 9.45. The number of hydrogen-bond donors (Lipinski definition) is 1. The van der Waals surface area contributed by atoms with Gasteiger partial charge in [-0.3, -0.25) is 9.59 Å². The van der Waals surface area contributed by atoms with Crippen molar-refractivity contribution < 1.29 is 18.0 Å². The van der Waals surface area contributed by atoms with Crippen LogP contribution >= 0.6 is 23.2 Å². The normalized spacial score (nSPS) is 12.8. The summed E-state index contributed by atoms with van der Waals surface area (Å²) in [5.74, 6) is -0.913. The Balaban J connectivity index is 2.55. The van der Waals surface area contributed by atoms with Gasteiger partial charge in [0.2, 0.25) is 11.8 Å². The maximum atomic E-state index is 13.8. The van der Waals surface area contributed by atoms with Crippen LogP contribution in [0.15, 0.2) is 36.4 Å². The Morgan fingerprint density at radius 2 is 1.62 bits per heavy atom. The molecule has 204 valence electrons. The van der Waals surface area contributed by atoms with Crippen LogP contribution in [0.2, 0.25) is 10.0 Å². The summed E-state index contributed by atoms with van der Waals surface area (Å²) in [6.45, 7) is 10.3. The summed E-state index contributed by atoms with van der Waals surface area (Å²) >= 11 is 12.2. The Hall–Kier alpha value is -2.33. The summed E-state index contributed by atoms with van der Waals surface area (Å²) in [6.07, 6.45) is 0. The highest BCUT2D eigenvalue weighted by Crippen LogP contribution is 2.27. The molecule has 2 aromatic rings. The van der Waals surface area contributed by atoms with E-state index in [-0.39, 0.29) is 12.5 Å². The third-order valence-corrected chi connectivity index (χ3v) is 8.20. The summed E-state index contributed by atoms with van der Waals surface area (Å²) in [5, 5.41) is 3.56. The molecule has 0 radical (unpaired) electrons. The molecule has 1 atom stereocenters. The fourth-order valence-electron chi connectivity index (χ4n) is 3.58. The van der Waals surface area contributed by atoms with Gasteiger partial charge in [-0.05, 0) is 76.4 Å². The monoisotopic (exact) mass is 570 g/mol. The smallest absolute Gasteiger partial charge is 0.304 e. The van der Waals surface area contributed by atoms with E-state index in [0.29, 0.717) is 26.9 Å². The predicted molar refractivity (Wildman–Crippen MR) is 150 cm³/mol. The third-order valence-electron chi connectivity index (χ3n) is 5.65. The lowest BCUT2D eigenvalue weighted by molar-refractivity contribution is -0.140. The second-order valence-electron chi connectivity index (χ2n) is 10.3. The van der Waals surface area contributed by atoms with Gasteiger partial charge in [-0.2, -0.15) is 12.7 Å². The maximum absolute atomic E-state index is 13.8. The quantitative estimate of drug-likeness (QED) is 0.478. The highest BCUT2D eigenvalue weighted by Gasteiger charge is 2.34. The van der Waals surface area contributed by atoms with E-state index in [0.717, 1.165) is 14.2 Å². The zero-order chi connectivity index (χ0) is 28.3. The number of amides is 2. The van der Waals surface area contributed by atoms with Crippen molar-refractivity contribution in [2.24, 2.45) is 0 Å². The first kappa shape index (κ1) is 30.9. The first-order chi connectivity index (χ1) is 16.9. The molecule has 0 fully saturated rings. The summed E-state index contributed by atoms with van der Waals surface area (Å²) in [5.41, 5.74) is 2.05. The Labute approximate surface area is 230 Å². The van der Waals surface area contributed by atoms with Gasteiger partial charge in [0.05, 0.1) is 15.7 Å². The van der Waals surface area contributed by atoms with E-state index in [2.05, 4.69) is 5.32 Å². The molecule has 0 saturated carbocycles. The second-order valence-corrected chi connectivity index (χ2v) is 13.2. The van der Waals surface area contributed by atoms with E-state index in [1.54, 1.807) is 44.2 Å². The van der Waals surface area contributed by atoms with E-state index < -0.39 is 34.2 Å². The molecule has 2 aromatic carbocycles. The zero-order valence-corrected chi connectivity index (χ0v) is 24.9. The number of carbonyl (C=O) groups is 2. The van der Waals surface area contributed by atoms with E-state index in [4.69, 9.17) is 23.2 Å². The van der Waals surface area contributed by atoms with Crippen LogP contribution in [-0.4, -0.2) is 61.7 Å². The molecule has 8 nitrogen and oxygen atoms in total. The van der Waals surface area contributed by atoms with Crippen LogP contribution in [0.5, 0.6) is 0 Å². The highest BCUT2D eigenvalue weighted by molar-refractivity contribution is 7.90. The predicted octanol–water partition coefficient (Wildman–Crippen LogP) is 4.56. The SMILES string of the molecule is Cc1ccc(C)c(N(CC(=O)N(Cc2ccc(Cl)c(Cl)c2)[C@@H](C)C(=O)NC(C)(C)C)S(=O)(=O)N(C)C)c1. The molecule has 0 saturated heterocycles. The van der Waals surface area contributed by atoms with E-state index in [9.17, 15) is 18.0 Å². The molecule has 2 rings (SSSR count). The van der Waals surface area contributed by atoms with Crippen molar-refractivity contribution in [2.75, 3.05) is 24.9 Å². The maximum Gasteiger partial charge on any atom is 0.304 e. The fraction of sp³-hybridized carbons (Fsp3) is 0.462. The van der Waals surface area contributed by atoms with Crippen molar-refractivity contribution in [1.29, 1.82) is 0 Å². The van der Waals surface area contributed by atoms with Gasteiger partial charge in [0, 0.05) is 26.2 Å². The number of nitrogens with one attached hydrogen (secondary N) is 1. The number of aryl methyl sites for hydroxylation is 2. The van der Waals surface area contributed by atoms with Crippen molar-refractivity contribution in [1.82, 2.24) is 14.5 Å². The zero-order valence-electron chi connectivity index (χ0n) is 22.6. The van der Waals surface area contributed by atoms with Gasteiger partial charge in [-0.15, -0.1) is 0 Å². The van der Waals surface area contributed by atoms with Gasteiger partial charge in [-0.1, -0.05) is 41.4 Å². The Bertz CT molecular complexity index is 1260. The molecular weight excluding hydrogens is 535 g/mol. The molecular formula is C26H36Cl2N4O4S. The lowest BCUT2D eigenvalue weighted by Gasteiger charge is -2.34. The molecule has 0 aromatic heterocycles. The van der Waals surface area contributed by atoms with Crippen LogP contribution in [-0.2, 0) is 26.3 Å². The average Bonchev–Trinajstić information content (AvgIpc) is 2.77. The van der Waals surface area contributed by atoms with E-state index in [1.165, 1.54) is 19.0 Å². The molecule has 0 aliphatic heterocycles. The van der Waals surface area contributed by atoms with Crippen LogP contribution in [0.3, 0.4) is 0 Å². The molecule has 0 bridgehead atoms. The fourth-order valence-corrected chi connectivity index (χ4v) is 5.02. The number of carbonyl (C=O) groups excluding carboxylic acids is 2.